The van der Waals surface area contributed by atoms with Gasteiger partial charge in [-0.05, 0) is 69.9 Å². The lowest BCUT2D eigenvalue weighted by Crippen LogP contribution is -2.22. The van der Waals surface area contributed by atoms with Crippen molar-refractivity contribution in [1.29, 1.82) is 0 Å². The van der Waals surface area contributed by atoms with Crippen LogP contribution < -0.4 is 0 Å². The first-order valence-electron chi connectivity index (χ1n) is 9.01. The van der Waals surface area contributed by atoms with Crippen LogP contribution in [0.2, 0.25) is 0 Å². The minimum Gasteiger partial charge on any atom is -0.303 e. The lowest BCUT2D eigenvalue weighted by Gasteiger charge is -2.22. The van der Waals surface area contributed by atoms with Gasteiger partial charge in [-0.3, -0.25) is 4.98 Å². The van der Waals surface area contributed by atoms with Gasteiger partial charge >= 0.3 is 0 Å². The Morgan fingerprint density at radius 1 is 1.04 bits per heavy atom. The zero-order valence-electron chi connectivity index (χ0n) is 14.5. The van der Waals surface area contributed by atoms with Crippen LogP contribution in [0, 0.1) is 6.92 Å². The van der Waals surface area contributed by atoms with Crippen molar-refractivity contribution in [3.63, 3.8) is 0 Å². The second-order valence-corrected chi connectivity index (χ2v) is 6.71. The van der Waals surface area contributed by atoms with Gasteiger partial charge in [0, 0.05) is 17.3 Å². The molecule has 2 heteroatoms. The number of aromatic nitrogens is 1. The second kappa shape index (κ2) is 7.74. The molecule has 1 aliphatic rings. The molecule has 0 saturated carbocycles. The average molecular weight is 308 g/mol. The summed E-state index contributed by atoms with van der Waals surface area (Å²) in [6.45, 7) is 8.04. The first-order chi connectivity index (χ1) is 11.3. The summed E-state index contributed by atoms with van der Waals surface area (Å²) in [5.74, 6) is 0.405. The molecule has 0 N–H and O–H groups in total. The summed E-state index contributed by atoms with van der Waals surface area (Å²) in [7, 11) is 0. The molecule has 0 spiro atoms. The van der Waals surface area contributed by atoms with Gasteiger partial charge < -0.3 is 4.90 Å². The van der Waals surface area contributed by atoms with Gasteiger partial charge in [-0.2, -0.15) is 0 Å². The Labute approximate surface area is 140 Å². The molecule has 0 bridgehead atoms. The van der Waals surface area contributed by atoms with E-state index in [1.54, 1.807) is 0 Å². The summed E-state index contributed by atoms with van der Waals surface area (Å²) in [5.41, 5.74) is 5.14. The predicted molar refractivity (Wildman–Crippen MR) is 96.9 cm³/mol. The van der Waals surface area contributed by atoms with Crippen LogP contribution >= 0.6 is 0 Å². The Bertz CT molecular complexity index is 612. The third kappa shape index (κ3) is 4.20. The highest BCUT2D eigenvalue weighted by atomic mass is 15.1. The Morgan fingerprint density at radius 3 is 2.48 bits per heavy atom. The Balaban J connectivity index is 1.83. The Hall–Kier alpha value is -1.67. The number of likely N-dealkylation sites (tertiary alicyclic amines) is 1. The normalized spacial score (nSPS) is 16.6. The van der Waals surface area contributed by atoms with E-state index in [0.717, 1.165) is 12.8 Å². The molecule has 1 aromatic carbocycles. The Morgan fingerprint density at radius 2 is 1.78 bits per heavy atom. The molecular formula is C21H28N2. The van der Waals surface area contributed by atoms with Gasteiger partial charge in [-0.1, -0.05) is 42.8 Å². The third-order valence-electron chi connectivity index (χ3n) is 4.96. The van der Waals surface area contributed by atoms with Crippen LogP contribution in [0.15, 0.2) is 42.5 Å². The van der Waals surface area contributed by atoms with Crippen molar-refractivity contribution >= 4 is 0 Å². The fourth-order valence-electron chi connectivity index (χ4n) is 3.49. The van der Waals surface area contributed by atoms with E-state index in [1.807, 2.05) is 0 Å². The first-order valence-corrected chi connectivity index (χ1v) is 9.01. The summed E-state index contributed by atoms with van der Waals surface area (Å²) in [6, 6.07) is 15.5. The number of rotatable bonds is 6. The molecule has 2 heterocycles. The molecule has 122 valence electrons. The van der Waals surface area contributed by atoms with Gasteiger partial charge in [-0.25, -0.2) is 0 Å². The molecule has 1 aliphatic heterocycles. The van der Waals surface area contributed by atoms with E-state index >= 15 is 0 Å². The van der Waals surface area contributed by atoms with Crippen molar-refractivity contribution in [3.8, 4) is 0 Å². The zero-order valence-corrected chi connectivity index (χ0v) is 14.5. The fraction of sp³-hybridized carbons (Fsp3) is 0.476. The van der Waals surface area contributed by atoms with Crippen LogP contribution in [0.1, 0.15) is 54.6 Å². The molecule has 1 atom stereocenters. The van der Waals surface area contributed by atoms with Crippen LogP contribution in [0.5, 0.6) is 0 Å². The number of benzene rings is 1. The molecule has 0 amide bonds. The van der Waals surface area contributed by atoms with Gasteiger partial charge in [0.25, 0.3) is 0 Å². The van der Waals surface area contributed by atoms with E-state index < -0.39 is 0 Å². The highest BCUT2D eigenvalue weighted by molar-refractivity contribution is 5.31. The van der Waals surface area contributed by atoms with Crippen LogP contribution in [-0.4, -0.2) is 29.5 Å². The van der Waals surface area contributed by atoms with Gasteiger partial charge in [-0.15, -0.1) is 0 Å². The summed E-state index contributed by atoms with van der Waals surface area (Å²) < 4.78 is 0. The maximum atomic E-state index is 4.92. The predicted octanol–water partition coefficient (Wildman–Crippen LogP) is 4.57. The molecule has 0 aliphatic carbocycles. The number of hydrogen-bond donors (Lipinski definition) is 0. The number of nitrogens with zero attached hydrogens (tertiary/aromatic N) is 2. The summed E-state index contributed by atoms with van der Waals surface area (Å²) in [5, 5.41) is 0. The van der Waals surface area contributed by atoms with Crippen molar-refractivity contribution < 1.29 is 0 Å². The summed E-state index contributed by atoms with van der Waals surface area (Å²) in [4.78, 5) is 7.52. The molecule has 3 rings (SSSR count). The van der Waals surface area contributed by atoms with E-state index in [-0.39, 0.29) is 0 Å². The van der Waals surface area contributed by atoms with E-state index in [1.165, 1.54) is 55.0 Å². The third-order valence-corrected chi connectivity index (χ3v) is 4.96. The first kappa shape index (κ1) is 16.2. The molecule has 2 nitrogen and oxygen atoms in total. The maximum absolute atomic E-state index is 4.92. The maximum Gasteiger partial charge on any atom is 0.0482 e. The summed E-state index contributed by atoms with van der Waals surface area (Å²) in [6.07, 6.45) is 4.88. The largest absolute Gasteiger partial charge is 0.303 e. The quantitative estimate of drug-likeness (QED) is 0.777. The van der Waals surface area contributed by atoms with Crippen LogP contribution in [0.3, 0.4) is 0 Å². The van der Waals surface area contributed by atoms with Crippen molar-refractivity contribution in [2.45, 2.75) is 45.4 Å². The minimum atomic E-state index is 0.405. The van der Waals surface area contributed by atoms with Crippen LogP contribution in [0.4, 0.5) is 0 Å². The molecule has 23 heavy (non-hydrogen) atoms. The number of pyridine rings is 1. The van der Waals surface area contributed by atoms with Crippen molar-refractivity contribution in [1.82, 2.24) is 9.88 Å². The van der Waals surface area contributed by atoms with Gasteiger partial charge in [0.05, 0.1) is 0 Å². The SMILES string of the molecule is CCc1cccc([C@@H](CCN2CCCC2)c2ccc(C)cc2)n1. The van der Waals surface area contributed by atoms with Crippen molar-refractivity contribution in [2.75, 3.05) is 19.6 Å². The van der Waals surface area contributed by atoms with Gasteiger partial charge in [0.1, 0.15) is 0 Å². The van der Waals surface area contributed by atoms with E-state index in [4.69, 9.17) is 4.98 Å². The highest BCUT2D eigenvalue weighted by Crippen LogP contribution is 2.28. The summed E-state index contributed by atoms with van der Waals surface area (Å²) >= 11 is 0. The lowest BCUT2D eigenvalue weighted by molar-refractivity contribution is 0.326. The molecule has 1 aromatic heterocycles. The molecule has 2 aromatic rings. The smallest absolute Gasteiger partial charge is 0.0482 e. The van der Waals surface area contributed by atoms with Crippen LogP contribution in [-0.2, 0) is 6.42 Å². The molecule has 0 radical (unpaired) electrons. The van der Waals surface area contributed by atoms with Gasteiger partial charge in [0.15, 0.2) is 0 Å². The standard InChI is InChI=1S/C21H28N2/c1-3-19-7-6-8-21(22-19)20(13-16-23-14-4-5-15-23)18-11-9-17(2)10-12-18/h6-12,20H,3-5,13-16H2,1-2H3/t20-/m0/s1. The molecule has 1 fully saturated rings. The minimum absolute atomic E-state index is 0.405. The van der Waals surface area contributed by atoms with Crippen molar-refractivity contribution in [3.05, 3.63) is 65.0 Å². The van der Waals surface area contributed by atoms with E-state index in [9.17, 15) is 0 Å². The topological polar surface area (TPSA) is 16.1 Å². The van der Waals surface area contributed by atoms with Crippen molar-refractivity contribution in [2.24, 2.45) is 0 Å². The molecule has 0 unspecified atom stereocenters. The highest BCUT2D eigenvalue weighted by Gasteiger charge is 2.19. The molecular weight excluding hydrogens is 280 g/mol. The molecule has 1 saturated heterocycles. The average Bonchev–Trinajstić information content (AvgIpc) is 3.10. The fourth-order valence-corrected chi connectivity index (χ4v) is 3.49. The number of hydrogen-bond acceptors (Lipinski definition) is 2. The zero-order chi connectivity index (χ0) is 16.1. The van der Waals surface area contributed by atoms with Crippen LogP contribution in [0.25, 0.3) is 0 Å². The second-order valence-electron chi connectivity index (χ2n) is 6.71. The lowest BCUT2D eigenvalue weighted by atomic mass is 9.91. The number of aryl methyl sites for hydroxylation is 2. The van der Waals surface area contributed by atoms with E-state index in [0.29, 0.717) is 5.92 Å². The van der Waals surface area contributed by atoms with Gasteiger partial charge in [0.2, 0.25) is 0 Å². The van der Waals surface area contributed by atoms with E-state index in [2.05, 4.69) is 61.2 Å². The Kier molecular flexibility index (Phi) is 5.45. The monoisotopic (exact) mass is 308 g/mol.